The van der Waals surface area contributed by atoms with Crippen LogP contribution in [0.1, 0.15) is 136 Å². The Labute approximate surface area is 592 Å². The lowest BCUT2D eigenvalue weighted by Crippen LogP contribution is -2.40. The molecule has 0 radical (unpaired) electrons. The second kappa shape index (κ2) is 32.7. The minimum absolute atomic E-state index is 0.0313. The predicted octanol–water partition coefficient (Wildman–Crippen LogP) is 14.7. The molecular formula is C73H78F8N8O4S2. The molecule has 6 aromatic carbocycles. The van der Waals surface area contributed by atoms with Crippen LogP contribution in [0.25, 0.3) is 22.3 Å². The molecule has 2 aromatic heterocycles. The molecule has 0 N–H and O–H groups in total. The van der Waals surface area contributed by atoms with Gasteiger partial charge in [-0.1, -0.05) is 142 Å². The number of hydrogen-bond donors (Lipinski definition) is 0. The molecule has 2 aliphatic rings. The van der Waals surface area contributed by atoms with Crippen LogP contribution in [0.5, 0.6) is 0 Å². The second-order valence-electron chi connectivity index (χ2n) is 21.2. The summed E-state index contributed by atoms with van der Waals surface area (Å²) in [6.07, 6.45) is -19.8. The predicted molar refractivity (Wildman–Crippen MR) is 358 cm³/mol. The zero-order valence-corrected chi connectivity index (χ0v) is 53.3. The van der Waals surface area contributed by atoms with Gasteiger partial charge in [-0.15, -0.1) is 0 Å². The van der Waals surface area contributed by atoms with Gasteiger partial charge in [-0.25, -0.2) is 8.78 Å². The minimum Gasteiger partial charge on any atom is -0.336 e. The van der Waals surface area contributed by atoms with Gasteiger partial charge in [0.1, 0.15) is 24.6 Å². The monoisotopic (exact) mass is 1370 g/mol. The number of nitrogens with zero attached hydrogens (tertiary/aromatic N) is 8. The largest absolute Gasteiger partial charge is 0.416 e. The van der Waals surface area contributed by atoms with Crippen LogP contribution in [0.15, 0.2) is 159 Å². The van der Waals surface area contributed by atoms with Crippen molar-refractivity contribution in [1.82, 2.24) is 38.7 Å². The number of rotatable bonds is 26. The van der Waals surface area contributed by atoms with Crippen LogP contribution in [0.4, 0.5) is 35.1 Å². The molecule has 0 saturated carbocycles. The van der Waals surface area contributed by atoms with Crippen molar-refractivity contribution in [3.05, 3.63) is 233 Å². The molecule has 22 heteroatoms. The van der Waals surface area contributed by atoms with Gasteiger partial charge in [-0.2, -0.15) is 36.3 Å². The highest BCUT2D eigenvalue weighted by molar-refractivity contribution is 7.98. The number of benzene rings is 6. The number of carbonyl (C=O) groups excluding carboxylic acids is 2. The third-order valence-corrected chi connectivity index (χ3v) is 16.7. The van der Waals surface area contributed by atoms with Crippen molar-refractivity contribution in [2.75, 3.05) is 52.4 Å². The summed E-state index contributed by atoms with van der Waals surface area (Å²) >= 11 is 0.0649. The molecule has 0 atom stereocenters. The number of carbonyl (C=O) groups is 2. The van der Waals surface area contributed by atoms with Crippen LogP contribution in [0.2, 0.25) is 0 Å². The van der Waals surface area contributed by atoms with Gasteiger partial charge in [-0.05, 0) is 170 Å². The average molecular weight is 1370 g/mol. The Morgan fingerprint density at radius 3 is 1.61 bits per heavy atom. The van der Waals surface area contributed by atoms with E-state index < -0.39 is 219 Å². The molecule has 502 valence electrons. The van der Waals surface area contributed by atoms with Gasteiger partial charge in [0, 0.05) is 86.9 Å². The van der Waals surface area contributed by atoms with Crippen molar-refractivity contribution in [3.63, 3.8) is 0 Å². The van der Waals surface area contributed by atoms with Crippen molar-refractivity contribution >= 4 is 35.3 Å². The van der Waals surface area contributed by atoms with Crippen LogP contribution in [0, 0.1) is 18.6 Å². The maximum atomic E-state index is 15.0. The Kier molecular flexibility index (Phi) is 15.4. The Bertz CT molecular complexity index is 5330. The molecule has 2 heterocycles. The lowest BCUT2D eigenvalue weighted by molar-refractivity contribution is -0.138. The number of hydrogen-bond acceptors (Lipinski definition) is 10. The summed E-state index contributed by atoms with van der Waals surface area (Å²) in [5, 5.41) is -1.65. The molecule has 0 aliphatic heterocycles. The Balaban J connectivity index is 0.000000277. The standard InChI is InChI=1S/C37H40F4N4O2S.C36H38F4N4O2S/c1-4-43(5-2)19-20-44(22-29-12-11-28(21-25(29)3)27-13-15-30(16-14-27)37(39,40)41)34(46)23-45-33-8-6-7-32(33)35(47)42-36(45)48-24-26-9-17-31(38)18-10-26;1-3-42(4-2)20-21-43(22-25-8-12-27(13-9-25)28-14-16-29(17-15-28)36(38,39)40)33(45)23-44-32-7-5-6-31(32)34(46)41-35(44)47-24-26-10-18-30(37)19-11-26/h9-18,21H,4-8,19-20,22-24H2,1-3H3;8-19H,3-7,20-24H2,1-2H3/i6D2,7D2,8D2,11D,12D,13D,14D,15D,16D,21D,23D2,24D2;10D,11D,18D,19D,23D2,24D2. The van der Waals surface area contributed by atoms with E-state index in [4.69, 9.17) is 28.8 Å². The van der Waals surface area contributed by atoms with Crippen LogP contribution < -0.4 is 11.1 Å². The third kappa shape index (κ3) is 19.0. The van der Waals surface area contributed by atoms with Crippen LogP contribution in [-0.4, -0.2) is 103 Å². The van der Waals surface area contributed by atoms with E-state index in [2.05, 4.69) is 9.97 Å². The molecule has 0 saturated heterocycles. The normalized spacial score (nSPS) is 18.8. The van der Waals surface area contributed by atoms with E-state index in [9.17, 15) is 59.8 Å². The molecule has 12 nitrogen and oxygen atoms in total. The first-order valence-electron chi connectivity index (χ1n) is 42.2. The molecule has 95 heavy (non-hydrogen) atoms. The van der Waals surface area contributed by atoms with Gasteiger partial charge in [-0.3, -0.25) is 19.2 Å². The first kappa shape index (κ1) is 44.7. The summed E-state index contributed by atoms with van der Waals surface area (Å²) in [5.41, 5.74) is -14.8. The fourth-order valence-electron chi connectivity index (χ4n) is 9.73. The molecule has 0 unspecified atom stereocenters. The number of halogens is 8. The van der Waals surface area contributed by atoms with Crippen molar-refractivity contribution in [1.29, 1.82) is 0 Å². The molecule has 2 aliphatic carbocycles. The summed E-state index contributed by atoms with van der Waals surface area (Å²) in [6, 6.07) is 2.79. The summed E-state index contributed by atoms with van der Waals surface area (Å²) < 4.78 is 326. The molecule has 0 bridgehead atoms. The van der Waals surface area contributed by atoms with E-state index in [1.807, 2.05) is 18.7 Å². The van der Waals surface area contributed by atoms with Crippen molar-refractivity contribution < 1.29 is 79.0 Å². The topological polar surface area (TPSA) is 117 Å². The van der Waals surface area contributed by atoms with Crippen LogP contribution in [0.3, 0.4) is 0 Å². The van der Waals surface area contributed by atoms with E-state index in [0.29, 0.717) is 55.8 Å². The smallest absolute Gasteiger partial charge is 0.336 e. The molecule has 8 aromatic rings. The van der Waals surface area contributed by atoms with Gasteiger partial charge in [0.15, 0.2) is 10.3 Å². The highest BCUT2D eigenvalue weighted by Crippen LogP contribution is 2.35. The SMILES string of the molecule is [2H]c1c([2H])c(-c2c([2H])c([2H])c(C(F)(F)F)c([2H])c2[2H])c([2H])c(C)c1CN(CCN(CC)CC)C(=O)C([2H])([2H])n1c(SC([2H])([2H])c2ccc(F)cc2)nc(=O)c2c1C([2H])([2H])C([2H])([2H])C2([2H])[2H].[2H]c1c([2H])c(C([2H])([2H])Sc2nc(=O)c3c(n2C([2H])([2H])C(=O)N(CCN(CC)CC)Cc2ccc(-c4ccc(C(F)(F)F)cc4)cc2)CCC3)c([2H])c([2H])c1F. The summed E-state index contributed by atoms with van der Waals surface area (Å²) in [5.74, 6) is -4.94. The van der Waals surface area contributed by atoms with E-state index in [-0.39, 0.29) is 88.5 Å². The fraction of sp³-hybridized carbons (Fsp3) is 0.370. The van der Waals surface area contributed by atoms with Gasteiger partial charge < -0.3 is 28.7 Å². The first-order valence-corrected chi connectivity index (χ1v) is 31.3. The quantitative estimate of drug-likeness (QED) is 0.0295. The number of likely N-dealkylation sites (N-methyl/N-ethyl adjacent to an activating group) is 2. The van der Waals surface area contributed by atoms with Crippen LogP contribution in [-0.2, 0) is 85.0 Å². The van der Waals surface area contributed by atoms with E-state index in [1.54, 1.807) is 43.0 Å². The molecule has 10 rings (SSSR count). The number of amides is 2. The Hall–Kier alpha value is -7.92. The third-order valence-electron chi connectivity index (χ3n) is 15.1. The lowest BCUT2D eigenvalue weighted by atomic mass is 9.98. The highest BCUT2D eigenvalue weighted by atomic mass is 32.2. The summed E-state index contributed by atoms with van der Waals surface area (Å²) in [7, 11) is 0. The Morgan fingerprint density at radius 2 is 1.05 bits per heavy atom. The maximum absolute atomic E-state index is 15.0. The van der Waals surface area contributed by atoms with Crippen LogP contribution >= 0.6 is 23.5 Å². The van der Waals surface area contributed by atoms with Crippen molar-refractivity contribution in [2.45, 2.75) is 133 Å². The summed E-state index contributed by atoms with van der Waals surface area (Å²) in [4.78, 5) is 69.8. The van der Waals surface area contributed by atoms with Gasteiger partial charge in [0.05, 0.1) is 31.7 Å². The number of alkyl halides is 6. The van der Waals surface area contributed by atoms with Gasteiger partial charge in [0.2, 0.25) is 11.8 Å². The zero-order chi connectivity index (χ0) is 90.1. The van der Waals surface area contributed by atoms with E-state index in [1.165, 1.54) is 24.0 Å². The molecule has 0 spiro atoms. The number of thioether (sulfide) groups is 2. The fourth-order valence-corrected chi connectivity index (χ4v) is 11.1. The molecule has 0 fully saturated rings. The van der Waals surface area contributed by atoms with Crippen molar-refractivity contribution in [3.8, 4) is 22.3 Å². The Morgan fingerprint density at radius 1 is 0.547 bits per heavy atom. The van der Waals surface area contributed by atoms with Gasteiger partial charge >= 0.3 is 12.4 Å². The number of aromatic nitrogens is 4. The molecular weight excluding hydrogens is 1270 g/mol. The lowest BCUT2D eigenvalue weighted by Gasteiger charge is -2.28. The number of fused-ring (bicyclic) bond motifs is 2. The average Bonchev–Trinajstić information content (AvgIpc) is 1.51. The zero-order valence-electron chi connectivity index (χ0n) is 76.7. The minimum atomic E-state index is -5.32. The molecule has 2 amide bonds. The van der Waals surface area contributed by atoms with E-state index >= 15 is 0 Å². The van der Waals surface area contributed by atoms with Gasteiger partial charge in [0.25, 0.3) is 11.1 Å². The first-order chi connectivity index (χ1) is 55.4. The summed E-state index contributed by atoms with van der Waals surface area (Å²) in [6.45, 7) is 2.85. The van der Waals surface area contributed by atoms with E-state index in [0.717, 1.165) is 45.9 Å². The second-order valence-corrected chi connectivity index (χ2v) is 22.7. The maximum Gasteiger partial charge on any atom is 0.416 e. The highest BCUT2D eigenvalue weighted by Gasteiger charge is 2.32. The van der Waals surface area contributed by atoms with Crippen molar-refractivity contribution in [2.24, 2.45) is 0 Å².